The fourth-order valence-corrected chi connectivity index (χ4v) is 7.23. The van der Waals surface area contributed by atoms with Gasteiger partial charge in [0.05, 0.1) is 17.3 Å². The van der Waals surface area contributed by atoms with Crippen LogP contribution in [0.5, 0.6) is 0 Å². The summed E-state index contributed by atoms with van der Waals surface area (Å²) in [6.07, 6.45) is 1.71. The van der Waals surface area contributed by atoms with Crippen LogP contribution in [-0.2, 0) is 24.3 Å². The molecule has 4 aromatic rings. The number of hydrogen-bond acceptors (Lipinski definition) is 10. The number of aromatic nitrogens is 4. The molecule has 4 heterocycles. The van der Waals surface area contributed by atoms with E-state index in [-0.39, 0.29) is 58.8 Å². The molecule has 1 saturated heterocycles. The number of benzene rings is 1. The van der Waals surface area contributed by atoms with Gasteiger partial charge in [-0.05, 0) is 38.0 Å². The van der Waals surface area contributed by atoms with Crippen molar-refractivity contribution in [3.05, 3.63) is 66.1 Å². The maximum Gasteiger partial charge on any atom is 0.507 e. The number of imide groups is 1. The number of fused-ring (bicyclic) bond motifs is 1. The first-order chi connectivity index (χ1) is 21.4. The van der Waals surface area contributed by atoms with Crippen molar-refractivity contribution < 1.29 is 41.4 Å². The minimum atomic E-state index is -4.20. The molecular formula is C29H26F2N6O7S. The van der Waals surface area contributed by atoms with Gasteiger partial charge in [0.1, 0.15) is 5.82 Å². The zero-order valence-electron chi connectivity index (χ0n) is 23.7. The zero-order chi connectivity index (χ0) is 32.1. The molecule has 2 fully saturated rings. The Morgan fingerprint density at radius 1 is 1.11 bits per heavy atom. The van der Waals surface area contributed by atoms with Crippen molar-refractivity contribution in [3.63, 3.8) is 0 Å². The SMILES string of the molecule is Cc1ccc(S(=O)(=O)n2cc(-c3ncc(F)c(N[C@@H]4CCC[C@@](OC(=O)O)(N5C(=O)CCC5=O)C4)n3)c3cc(F)cnc32)cc1. The van der Waals surface area contributed by atoms with E-state index in [0.29, 0.717) is 12.8 Å². The Labute approximate surface area is 254 Å². The molecule has 1 saturated carbocycles. The van der Waals surface area contributed by atoms with Crippen molar-refractivity contribution in [2.75, 3.05) is 5.32 Å². The molecule has 0 spiro atoms. The lowest BCUT2D eigenvalue weighted by Gasteiger charge is -2.44. The van der Waals surface area contributed by atoms with Crippen molar-refractivity contribution in [1.82, 2.24) is 23.8 Å². The molecule has 3 aromatic heterocycles. The topological polar surface area (TPSA) is 174 Å². The molecule has 0 bridgehead atoms. The van der Waals surface area contributed by atoms with Crippen LogP contribution in [0.4, 0.5) is 19.4 Å². The van der Waals surface area contributed by atoms with Gasteiger partial charge < -0.3 is 15.2 Å². The number of hydrogen-bond donors (Lipinski definition) is 2. The number of nitrogens with one attached hydrogen (secondary N) is 1. The summed E-state index contributed by atoms with van der Waals surface area (Å²) >= 11 is 0. The normalized spacial score (nSPS) is 20.5. The third kappa shape index (κ3) is 5.45. The van der Waals surface area contributed by atoms with E-state index in [1.165, 1.54) is 18.3 Å². The predicted octanol–water partition coefficient (Wildman–Crippen LogP) is 4.21. The number of rotatable bonds is 7. The monoisotopic (exact) mass is 640 g/mol. The van der Waals surface area contributed by atoms with E-state index in [0.717, 1.165) is 32.9 Å². The van der Waals surface area contributed by atoms with Crippen LogP contribution >= 0.6 is 0 Å². The standard InChI is InChI=1S/C29H26F2N6O7S/c1-16-4-6-19(7-5-16)45(42,43)36-15-21(20-11-17(30)13-33-27(20)36)25-32-14-22(31)26(35-25)34-18-3-2-10-29(12-18,44-28(40)41)37-23(38)8-9-24(37)39/h4-7,11,13-15,18H,2-3,8-10,12H2,1H3,(H,40,41)(H,32,34,35)/t18-,29+/m1/s1. The number of carboxylic acid groups (broad SMARTS) is 1. The molecule has 13 nitrogen and oxygen atoms in total. The van der Waals surface area contributed by atoms with Gasteiger partial charge in [-0.2, -0.15) is 0 Å². The van der Waals surface area contributed by atoms with Gasteiger partial charge in [0, 0.05) is 48.9 Å². The number of pyridine rings is 1. The molecule has 1 aliphatic heterocycles. The highest BCUT2D eigenvalue weighted by Gasteiger charge is 2.52. The summed E-state index contributed by atoms with van der Waals surface area (Å²) < 4.78 is 62.6. The van der Waals surface area contributed by atoms with E-state index in [4.69, 9.17) is 4.74 Å². The summed E-state index contributed by atoms with van der Waals surface area (Å²) in [7, 11) is -4.20. The average Bonchev–Trinajstić information content (AvgIpc) is 3.54. The lowest BCUT2D eigenvalue weighted by Crippen LogP contribution is -2.58. The quantitative estimate of drug-likeness (QED) is 0.219. The Balaban J connectivity index is 1.37. The van der Waals surface area contributed by atoms with Crippen LogP contribution in [0.3, 0.4) is 0 Å². The van der Waals surface area contributed by atoms with Crippen LogP contribution in [0.2, 0.25) is 0 Å². The van der Waals surface area contributed by atoms with Gasteiger partial charge in [-0.25, -0.2) is 45.8 Å². The summed E-state index contributed by atoms with van der Waals surface area (Å²) in [4.78, 5) is 49.8. The number of amides is 2. The van der Waals surface area contributed by atoms with E-state index >= 15 is 4.39 Å². The van der Waals surface area contributed by atoms with Crippen molar-refractivity contribution >= 4 is 44.8 Å². The van der Waals surface area contributed by atoms with Crippen LogP contribution in [0.15, 0.2) is 53.8 Å². The summed E-state index contributed by atoms with van der Waals surface area (Å²) in [5, 5.41) is 12.4. The van der Waals surface area contributed by atoms with Gasteiger partial charge in [-0.1, -0.05) is 17.7 Å². The zero-order valence-corrected chi connectivity index (χ0v) is 24.6. The molecule has 2 N–H and O–H groups in total. The van der Waals surface area contributed by atoms with E-state index in [1.54, 1.807) is 19.1 Å². The number of anilines is 1. The third-order valence-electron chi connectivity index (χ3n) is 7.90. The first kappa shape index (κ1) is 30.1. The minimum Gasteiger partial charge on any atom is -0.450 e. The molecule has 45 heavy (non-hydrogen) atoms. The molecule has 2 atom stereocenters. The van der Waals surface area contributed by atoms with Crippen molar-refractivity contribution in [2.45, 2.75) is 62.1 Å². The van der Waals surface area contributed by atoms with Gasteiger partial charge in [-0.15, -0.1) is 0 Å². The second-order valence-electron chi connectivity index (χ2n) is 10.9. The number of halogens is 2. The second kappa shape index (κ2) is 11.2. The first-order valence-corrected chi connectivity index (χ1v) is 15.4. The first-order valence-electron chi connectivity index (χ1n) is 13.9. The maximum absolute atomic E-state index is 15.1. The van der Waals surface area contributed by atoms with Crippen LogP contribution in [-0.4, -0.2) is 67.1 Å². The Morgan fingerprint density at radius 2 is 1.82 bits per heavy atom. The second-order valence-corrected chi connectivity index (χ2v) is 12.8. The fourth-order valence-electron chi connectivity index (χ4n) is 5.90. The molecule has 6 rings (SSSR count). The van der Waals surface area contributed by atoms with Gasteiger partial charge in [0.2, 0.25) is 17.5 Å². The van der Waals surface area contributed by atoms with Gasteiger partial charge in [0.15, 0.2) is 23.1 Å². The van der Waals surface area contributed by atoms with Crippen molar-refractivity contribution in [1.29, 1.82) is 0 Å². The molecule has 1 aliphatic carbocycles. The summed E-state index contributed by atoms with van der Waals surface area (Å²) in [6.45, 7) is 1.80. The van der Waals surface area contributed by atoms with E-state index in [9.17, 15) is 32.3 Å². The number of ether oxygens (including phenoxy) is 1. The van der Waals surface area contributed by atoms with Gasteiger partial charge in [-0.3, -0.25) is 9.59 Å². The number of carbonyl (C=O) groups is 3. The number of nitrogens with zero attached hydrogens (tertiary/aromatic N) is 5. The maximum atomic E-state index is 15.1. The molecule has 16 heteroatoms. The lowest BCUT2D eigenvalue weighted by molar-refractivity contribution is -0.176. The van der Waals surface area contributed by atoms with Crippen molar-refractivity contribution in [2.24, 2.45) is 0 Å². The van der Waals surface area contributed by atoms with E-state index in [1.807, 2.05) is 0 Å². The molecular weight excluding hydrogens is 614 g/mol. The summed E-state index contributed by atoms with van der Waals surface area (Å²) in [5.41, 5.74) is -0.983. The number of aryl methyl sites for hydroxylation is 1. The third-order valence-corrected chi connectivity index (χ3v) is 9.57. The van der Waals surface area contributed by atoms with E-state index < -0.39 is 51.4 Å². The van der Waals surface area contributed by atoms with Crippen LogP contribution in [0.1, 0.15) is 44.1 Å². The lowest BCUT2D eigenvalue weighted by atomic mass is 9.86. The van der Waals surface area contributed by atoms with Crippen LogP contribution in [0.25, 0.3) is 22.4 Å². The summed E-state index contributed by atoms with van der Waals surface area (Å²) in [6, 6.07) is 6.49. The van der Waals surface area contributed by atoms with Crippen LogP contribution < -0.4 is 5.32 Å². The highest BCUT2D eigenvalue weighted by molar-refractivity contribution is 7.90. The predicted molar refractivity (Wildman–Crippen MR) is 153 cm³/mol. The average molecular weight is 641 g/mol. The molecule has 1 aromatic carbocycles. The molecule has 234 valence electrons. The Hall–Kier alpha value is -4.99. The molecule has 2 amide bonds. The Morgan fingerprint density at radius 3 is 2.51 bits per heavy atom. The molecule has 0 unspecified atom stereocenters. The largest absolute Gasteiger partial charge is 0.507 e. The van der Waals surface area contributed by atoms with Crippen molar-refractivity contribution in [3.8, 4) is 11.4 Å². The Kier molecular flexibility index (Phi) is 7.46. The van der Waals surface area contributed by atoms with Gasteiger partial charge in [0.25, 0.3) is 10.0 Å². The minimum absolute atomic E-state index is 0.0376. The van der Waals surface area contributed by atoms with Crippen LogP contribution in [0, 0.1) is 18.6 Å². The van der Waals surface area contributed by atoms with E-state index in [2.05, 4.69) is 20.3 Å². The highest BCUT2D eigenvalue weighted by atomic mass is 32.2. The molecule has 2 aliphatic rings. The Bertz CT molecular complexity index is 1950. The molecule has 0 radical (unpaired) electrons. The number of likely N-dealkylation sites (tertiary alicyclic amines) is 1. The smallest absolute Gasteiger partial charge is 0.450 e. The number of carbonyl (C=O) groups excluding carboxylic acids is 2. The highest BCUT2D eigenvalue weighted by Crippen LogP contribution is 2.40. The fraction of sp³-hybridized carbons (Fsp3) is 0.310. The summed E-state index contributed by atoms with van der Waals surface area (Å²) in [5.74, 6) is -3.23. The van der Waals surface area contributed by atoms with Gasteiger partial charge >= 0.3 is 6.16 Å².